The van der Waals surface area contributed by atoms with Crippen LogP contribution in [-0.2, 0) is 11.3 Å². The van der Waals surface area contributed by atoms with Crippen molar-refractivity contribution in [3.8, 4) is 11.5 Å². The fourth-order valence-corrected chi connectivity index (χ4v) is 5.52. The molecule has 6 heteroatoms. The van der Waals surface area contributed by atoms with Gasteiger partial charge in [0.15, 0.2) is 0 Å². The molecule has 0 unspecified atom stereocenters. The Hall–Kier alpha value is -3.77. The molecule has 38 heavy (non-hydrogen) atoms. The standard InChI is InChI=1S/C32H37N3O3/c1-37-26-18-25(19-27(20-26)38-2)29(21-32(36)33-14-17-34-15-8-9-16-34)30-23-35(22-24-10-4-3-5-11-24)31-13-7-6-12-28(30)31/h3-7,10-13,18-20,23,29H,8-9,14-17,21-22H2,1-2H3,(H,33,36)/t29-/m0/s1. The van der Waals surface area contributed by atoms with E-state index in [0.717, 1.165) is 48.2 Å². The maximum Gasteiger partial charge on any atom is 0.220 e. The van der Waals surface area contributed by atoms with E-state index < -0.39 is 0 Å². The Kier molecular flexibility index (Phi) is 8.29. The fraction of sp³-hybridized carbons (Fsp3) is 0.344. The molecule has 198 valence electrons. The second-order valence-corrected chi connectivity index (χ2v) is 10.0. The van der Waals surface area contributed by atoms with Crippen LogP contribution in [0.15, 0.2) is 79.0 Å². The summed E-state index contributed by atoms with van der Waals surface area (Å²) >= 11 is 0. The highest BCUT2D eigenvalue weighted by Gasteiger charge is 2.24. The molecule has 1 saturated heterocycles. The summed E-state index contributed by atoms with van der Waals surface area (Å²) in [6.45, 7) is 4.59. The number of fused-ring (bicyclic) bond motifs is 1. The highest BCUT2D eigenvalue weighted by Crippen LogP contribution is 2.38. The number of nitrogens with zero attached hydrogens (tertiary/aromatic N) is 2. The Morgan fingerprint density at radius 2 is 1.61 bits per heavy atom. The first-order valence-corrected chi connectivity index (χ1v) is 13.5. The zero-order valence-corrected chi connectivity index (χ0v) is 22.4. The number of methoxy groups -OCH3 is 2. The molecule has 1 amide bonds. The highest BCUT2D eigenvalue weighted by molar-refractivity contribution is 5.87. The summed E-state index contributed by atoms with van der Waals surface area (Å²) < 4.78 is 13.5. The molecule has 1 fully saturated rings. The second kappa shape index (κ2) is 12.2. The molecule has 5 rings (SSSR count). The number of benzene rings is 3. The lowest BCUT2D eigenvalue weighted by Crippen LogP contribution is -2.34. The monoisotopic (exact) mass is 511 g/mol. The topological polar surface area (TPSA) is 55.7 Å². The van der Waals surface area contributed by atoms with E-state index in [1.807, 2.05) is 24.3 Å². The molecule has 3 aromatic carbocycles. The Labute approximate surface area is 225 Å². The van der Waals surface area contributed by atoms with E-state index in [0.29, 0.717) is 24.5 Å². The molecular weight excluding hydrogens is 474 g/mol. The van der Waals surface area contributed by atoms with Gasteiger partial charge < -0.3 is 24.3 Å². The average molecular weight is 512 g/mol. The normalized spacial score (nSPS) is 14.5. The van der Waals surface area contributed by atoms with Crippen molar-refractivity contribution in [2.24, 2.45) is 0 Å². The first-order chi connectivity index (χ1) is 18.6. The summed E-state index contributed by atoms with van der Waals surface area (Å²) in [5, 5.41) is 4.33. The number of para-hydroxylation sites is 1. The number of hydrogen-bond donors (Lipinski definition) is 1. The molecule has 1 atom stereocenters. The molecule has 6 nitrogen and oxygen atoms in total. The molecule has 1 aliphatic heterocycles. The van der Waals surface area contributed by atoms with E-state index in [1.54, 1.807) is 14.2 Å². The molecule has 0 saturated carbocycles. The quantitative estimate of drug-likeness (QED) is 0.291. The number of hydrogen-bond acceptors (Lipinski definition) is 4. The SMILES string of the molecule is COc1cc(OC)cc([C@H](CC(=O)NCCN2CCCC2)c2cn(Cc3ccccc3)c3ccccc23)c1. The number of likely N-dealkylation sites (tertiary alicyclic amines) is 1. The van der Waals surface area contributed by atoms with Crippen LogP contribution in [0.4, 0.5) is 0 Å². The van der Waals surface area contributed by atoms with Crippen molar-refractivity contribution in [2.45, 2.75) is 31.7 Å². The van der Waals surface area contributed by atoms with Gasteiger partial charge in [0.25, 0.3) is 0 Å². The Balaban J connectivity index is 1.49. The lowest BCUT2D eigenvalue weighted by Gasteiger charge is -2.20. The van der Waals surface area contributed by atoms with Gasteiger partial charge in [-0.05, 0) is 60.8 Å². The Morgan fingerprint density at radius 3 is 2.32 bits per heavy atom. The van der Waals surface area contributed by atoms with Crippen LogP contribution in [0, 0.1) is 0 Å². The summed E-state index contributed by atoms with van der Waals surface area (Å²) in [4.78, 5) is 15.7. The summed E-state index contributed by atoms with van der Waals surface area (Å²) in [5.74, 6) is 1.32. The number of rotatable bonds is 11. The minimum atomic E-state index is -0.160. The number of carbonyl (C=O) groups excluding carboxylic acids is 1. The van der Waals surface area contributed by atoms with Gasteiger partial charge in [0.2, 0.25) is 5.91 Å². The molecule has 4 aromatic rings. The minimum absolute atomic E-state index is 0.0517. The fourth-order valence-electron chi connectivity index (χ4n) is 5.52. The number of nitrogens with one attached hydrogen (secondary N) is 1. The predicted octanol–water partition coefficient (Wildman–Crippen LogP) is 5.44. The van der Waals surface area contributed by atoms with Gasteiger partial charge in [-0.1, -0.05) is 48.5 Å². The number of amides is 1. The number of ether oxygens (including phenoxy) is 2. The van der Waals surface area contributed by atoms with E-state index in [-0.39, 0.29) is 11.8 Å². The van der Waals surface area contributed by atoms with E-state index in [2.05, 4.69) is 69.5 Å². The van der Waals surface area contributed by atoms with E-state index in [4.69, 9.17) is 9.47 Å². The molecule has 1 N–H and O–H groups in total. The van der Waals surface area contributed by atoms with Crippen molar-refractivity contribution in [3.63, 3.8) is 0 Å². The predicted molar refractivity (Wildman–Crippen MR) is 152 cm³/mol. The van der Waals surface area contributed by atoms with Gasteiger partial charge >= 0.3 is 0 Å². The maximum atomic E-state index is 13.3. The Bertz CT molecular complexity index is 1340. The van der Waals surface area contributed by atoms with Crippen LogP contribution in [0.3, 0.4) is 0 Å². The van der Waals surface area contributed by atoms with Crippen molar-refractivity contribution in [1.29, 1.82) is 0 Å². The zero-order valence-electron chi connectivity index (χ0n) is 22.4. The van der Waals surface area contributed by atoms with Crippen molar-refractivity contribution in [2.75, 3.05) is 40.4 Å². The van der Waals surface area contributed by atoms with E-state index in [9.17, 15) is 4.79 Å². The largest absolute Gasteiger partial charge is 0.497 e. The number of aromatic nitrogens is 1. The lowest BCUT2D eigenvalue weighted by molar-refractivity contribution is -0.121. The van der Waals surface area contributed by atoms with Gasteiger partial charge in [-0.25, -0.2) is 0 Å². The molecule has 0 radical (unpaired) electrons. The second-order valence-electron chi connectivity index (χ2n) is 10.0. The highest BCUT2D eigenvalue weighted by atomic mass is 16.5. The maximum absolute atomic E-state index is 13.3. The van der Waals surface area contributed by atoms with E-state index >= 15 is 0 Å². The van der Waals surface area contributed by atoms with E-state index in [1.165, 1.54) is 18.4 Å². The minimum Gasteiger partial charge on any atom is -0.497 e. The first-order valence-electron chi connectivity index (χ1n) is 13.5. The smallest absolute Gasteiger partial charge is 0.220 e. The lowest BCUT2D eigenvalue weighted by atomic mass is 9.87. The molecule has 0 spiro atoms. The van der Waals surface area contributed by atoms with Crippen molar-refractivity contribution >= 4 is 16.8 Å². The molecule has 2 heterocycles. The molecular formula is C32H37N3O3. The van der Waals surface area contributed by atoms with Crippen LogP contribution < -0.4 is 14.8 Å². The van der Waals surface area contributed by atoms with Gasteiger partial charge in [-0.2, -0.15) is 0 Å². The van der Waals surface area contributed by atoms with Gasteiger partial charge in [0.05, 0.1) is 14.2 Å². The molecule has 0 bridgehead atoms. The van der Waals surface area contributed by atoms with Gasteiger partial charge in [-0.15, -0.1) is 0 Å². The molecule has 0 aliphatic carbocycles. The first kappa shape index (κ1) is 25.9. The third kappa shape index (κ3) is 6.03. The van der Waals surface area contributed by atoms with Crippen LogP contribution in [0.2, 0.25) is 0 Å². The van der Waals surface area contributed by atoms with Crippen LogP contribution in [-0.4, -0.2) is 55.8 Å². The summed E-state index contributed by atoms with van der Waals surface area (Å²) in [6, 6.07) is 24.8. The summed E-state index contributed by atoms with van der Waals surface area (Å²) in [6.07, 6.45) is 5.06. The third-order valence-electron chi connectivity index (χ3n) is 7.51. The van der Waals surface area contributed by atoms with Crippen molar-refractivity contribution < 1.29 is 14.3 Å². The summed E-state index contributed by atoms with van der Waals surface area (Å²) in [5.41, 5.74) is 4.51. The van der Waals surface area contributed by atoms with Gasteiger partial charge in [0, 0.05) is 55.1 Å². The zero-order chi connectivity index (χ0) is 26.3. The van der Waals surface area contributed by atoms with Gasteiger partial charge in [-0.3, -0.25) is 4.79 Å². The molecule has 1 aliphatic rings. The molecule has 1 aromatic heterocycles. The van der Waals surface area contributed by atoms with Crippen LogP contribution >= 0.6 is 0 Å². The van der Waals surface area contributed by atoms with Crippen molar-refractivity contribution in [1.82, 2.24) is 14.8 Å². The van der Waals surface area contributed by atoms with Crippen LogP contribution in [0.1, 0.15) is 41.9 Å². The van der Waals surface area contributed by atoms with Gasteiger partial charge in [0.1, 0.15) is 11.5 Å². The van der Waals surface area contributed by atoms with Crippen LogP contribution in [0.25, 0.3) is 10.9 Å². The Morgan fingerprint density at radius 1 is 0.921 bits per heavy atom. The number of carbonyl (C=O) groups is 1. The average Bonchev–Trinajstić information content (AvgIpc) is 3.60. The summed E-state index contributed by atoms with van der Waals surface area (Å²) in [7, 11) is 3.31. The van der Waals surface area contributed by atoms with Crippen LogP contribution in [0.5, 0.6) is 11.5 Å². The van der Waals surface area contributed by atoms with Crippen molar-refractivity contribution in [3.05, 3.63) is 95.7 Å². The third-order valence-corrected chi connectivity index (χ3v) is 7.51.